The highest BCUT2D eigenvalue weighted by atomic mass is 16.6. The summed E-state index contributed by atoms with van der Waals surface area (Å²) < 4.78 is 26.9. The smallest absolute Gasteiger partial charge is 0.306 e. The van der Waals surface area contributed by atoms with E-state index < -0.39 is 11.9 Å². The van der Waals surface area contributed by atoms with E-state index in [-0.39, 0.29) is 38.2 Å². The number of aromatic nitrogens is 2. The first kappa shape index (κ1) is 29.1. The molecule has 10 heteroatoms. The van der Waals surface area contributed by atoms with Crippen LogP contribution in [0.5, 0.6) is 17.2 Å². The van der Waals surface area contributed by atoms with E-state index in [1.165, 1.54) is 14.2 Å². The zero-order chi connectivity index (χ0) is 29.4. The predicted octanol–water partition coefficient (Wildman–Crippen LogP) is 4.67. The van der Waals surface area contributed by atoms with Crippen molar-refractivity contribution in [1.82, 2.24) is 9.97 Å². The topological polar surface area (TPSA) is 126 Å². The summed E-state index contributed by atoms with van der Waals surface area (Å²) in [5, 5.41) is 0.337. The van der Waals surface area contributed by atoms with E-state index in [9.17, 15) is 14.4 Å². The molecule has 1 aromatic heterocycles. The van der Waals surface area contributed by atoms with E-state index in [1.807, 2.05) is 56.3 Å². The van der Waals surface area contributed by atoms with Crippen molar-refractivity contribution in [3.63, 3.8) is 0 Å². The van der Waals surface area contributed by atoms with Gasteiger partial charge in [-0.25, -0.2) is 4.98 Å². The van der Waals surface area contributed by atoms with E-state index >= 15 is 0 Å². The molecule has 4 aromatic rings. The molecule has 0 aliphatic heterocycles. The number of carbonyl (C=O) groups is 2. The van der Waals surface area contributed by atoms with E-state index in [2.05, 4.69) is 9.97 Å². The van der Waals surface area contributed by atoms with Crippen molar-refractivity contribution in [3.05, 3.63) is 81.6 Å². The molecule has 0 radical (unpaired) electrons. The van der Waals surface area contributed by atoms with Gasteiger partial charge in [0.15, 0.2) is 0 Å². The Balaban J connectivity index is 1.32. The van der Waals surface area contributed by atoms with E-state index in [0.717, 1.165) is 16.7 Å². The number of aromatic amines is 1. The molecule has 0 aliphatic rings. The average molecular weight is 561 g/mol. The lowest BCUT2D eigenvalue weighted by molar-refractivity contribution is -0.151. The fourth-order valence-electron chi connectivity index (χ4n) is 4.33. The number of rotatable bonds is 12. The number of benzene rings is 3. The Bertz CT molecular complexity index is 1570. The summed E-state index contributed by atoms with van der Waals surface area (Å²) in [6, 6.07) is 16.4. The Kier molecular flexibility index (Phi) is 9.57. The number of aryl methyl sites for hydroxylation is 2. The van der Waals surface area contributed by atoms with Crippen molar-refractivity contribution >= 4 is 22.8 Å². The number of ether oxygens (including phenoxy) is 5. The number of nitrogens with one attached hydrogen (secondary N) is 1. The molecule has 214 valence electrons. The molecule has 0 saturated carbocycles. The van der Waals surface area contributed by atoms with Crippen LogP contribution >= 0.6 is 0 Å². The van der Waals surface area contributed by atoms with Crippen LogP contribution in [0.25, 0.3) is 22.3 Å². The third kappa shape index (κ3) is 7.42. The number of carbonyl (C=O) groups excluding carboxylic acids is 2. The van der Waals surface area contributed by atoms with Crippen molar-refractivity contribution in [2.45, 2.75) is 33.3 Å². The number of fused-ring (bicyclic) bond motifs is 1. The van der Waals surface area contributed by atoms with Crippen LogP contribution in [0, 0.1) is 13.8 Å². The monoisotopic (exact) mass is 560 g/mol. The van der Waals surface area contributed by atoms with Crippen molar-refractivity contribution in [3.8, 4) is 28.6 Å². The third-order valence-electron chi connectivity index (χ3n) is 6.30. The molecular weight excluding hydrogens is 528 g/mol. The lowest BCUT2D eigenvalue weighted by atomic mass is 10.0. The molecule has 0 spiro atoms. The lowest BCUT2D eigenvalue weighted by Gasteiger charge is -2.15. The van der Waals surface area contributed by atoms with Gasteiger partial charge in [0.2, 0.25) is 0 Å². The zero-order valence-electron chi connectivity index (χ0n) is 23.4. The molecule has 0 amide bonds. The maximum absolute atomic E-state index is 12.9. The quantitative estimate of drug-likeness (QED) is 0.194. The molecule has 3 aromatic carbocycles. The molecule has 0 bridgehead atoms. The Labute approximate surface area is 237 Å². The first-order chi connectivity index (χ1) is 19.8. The van der Waals surface area contributed by atoms with Crippen molar-refractivity contribution in [2.75, 3.05) is 27.4 Å². The number of H-pyrrole nitrogens is 1. The second-order valence-electron chi connectivity index (χ2n) is 9.29. The number of nitrogens with zero attached hydrogens (tertiary/aromatic N) is 1. The predicted molar refractivity (Wildman–Crippen MR) is 152 cm³/mol. The summed E-state index contributed by atoms with van der Waals surface area (Å²) in [6.45, 7) is 4.09. The lowest BCUT2D eigenvalue weighted by Crippen LogP contribution is -2.15. The van der Waals surface area contributed by atoms with Crippen LogP contribution in [0.2, 0.25) is 0 Å². The fraction of sp³-hybridized carbons (Fsp3) is 0.290. The minimum Gasteiger partial charge on any atom is -0.497 e. The molecule has 41 heavy (non-hydrogen) atoms. The van der Waals surface area contributed by atoms with Gasteiger partial charge in [0.1, 0.15) is 48.3 Å². The van der Waals surface area contributed by atoms with Gasteiger partial charge in [-0.3, -0.25) is 14.4 Å². The average Bonchev–Trinajstić information content (AvgIpc) is 2.97. The van der Waals surface area contributed by atoms with Gasteiger partial charge in [0.25, 0.3) is 5.56 Å². The molecule has 10 nitrogen and oxygen atoms in total. The number of hydrogen-bond donors (Lipinski definition) is 1. The van der Waals surface area contributed by atoms with Crippen LogP contribution in [-0.4, -0.2) is 49.3 Å². The van der Waals surface area contributed by atoms with Gasteiger partial charge in [-0.05, 0) is 42.7 Å². The highest BCUT2D eigenvalue weighted by Crippen LogP contribution is 2.31. The Morgan fingerprint density at radius 2 is 1.54 bits per heavy atom. The zero-order valence-corrected chi connectivity index (χ0v) is 23.4. The van der Waals surface area contributed by atoms with Gasteiger partial charge >= 0.3 is 11.9 Å². The van der Waals surface area contributed by atoms with Crippen molar-refractivity contribution < 1.29 is 33.3 Å². The fourth-order valence-corrected chi connectivity index (χ4v) is 4.33. The molecular formula is C31H32N2O8. The molecule has 4 rings (SSSR count). The summed E-state index contributed by atoms with van der Waals surface area (Å²) in [5.74, 6) is 0.966. The molecule has 0 aliphatic carbocycles. The first-order valence-corrected chi connectivity index (χ1v) is 13.0. The summed E-state index contributed by atoms with van der Waals surface area (Å²) in [6.07, 6.45) is -0.133. The molecule has 0 atom stereocenters. The Morgan fingerprint density at radius 3 is 2.20 bits per heavy atom. The van der Waals surface area contributed by atoms with Crippen LogP contribution in [0.4, 0.5) is 0 Å². The minimum atomic E-state index is -0.506. The van der Waals surface area contributed by atoms with E-state index in [4.69, 9.17) is 23.7 Å². The van der Waals surface area contributed by atoms with Gasteiger partial charge in [-0.2, -0.15) is 0 Å². The van der Waals surface area contributed by atoms with Crippen LogP contribution in [0.15, 0.2) is 59.4 Å². The van der Waals surface area contributed by atoms with Gasteiger partial charge in [0.05, 0.1) is 32.6 Å². The minimum absolute atomic E-state index is 0.0295. The SMILES string of the molecule is COc1cc(OC)c2c(=O)[nH]c(-c3cc(C)c(OCCOC(=O)CCC(=O)OCc4ccccc4)c(C)c3)nc2c1. The second kappa shape index (κ2) is 13.5. The molecule has 1 N–H and O–H groups in total. The Morgan fingerprint density at radius 1 is 0.854 bits per heavy atom. The molecule has 0 fully saturated rings. The first-order valence-electron chi connectivity index (χ1n) is 13.0. The van der Waals surface area contributed by atoms with Crippen molar-refractivity contribution in [1.29, 1.82) is 0 Å². The maximum Gasteiger partial charge on any atom is 0.306 e. The summed E-state index contributed by atoms with van der Waals surface area (Å²) >= 11 is 0. The van der Waals surface area contributed by atoms with E-state index in [0.29, 0.717) is 39.5 Å². The molecule has 0 unspecified atom stereocenters. The largest absolute Gasteiger partial charge is 0.497 e. The number of hydrogen-bond acceptors (Lipinski definition) is 9. The molecule has 0 saturated heterocycles. The van der Waals surface area contributed by atoms with Crippen LogP contribution in [0.1, 0.15) is 29.5 Å². The second-order valence-corrected chi connectivity index (χ2v) is 9.29. The van der Waals surface area contributed by atoms with Gasteiger partial charge in [-0.1, -0.05) is 30.3 Å². The number of methoxy groups -OCH3 is 2. The van der Waals surface area contributed by atoms with Gasteiger partial charge < -0.3 is 28.7 Å². The normalized spacial score (nSPS) is 10.7. The van der Waals surface area contributed by atoms with E-state index in [1.54, 1.807) is 12.1 Å². The van der Waals surface area contributed by atoms with Crippen LogP contribution in [-0.2, 0) is 25.7 Å². The van der Waals surface area contributed by atoms with Gasteiger partial charge in [-0.15, -0.1) is 0 Å². The standard InChI is InChI=1S/C31H32N2O8/c1-19-14-22(30-32-24-16-23(37-3)17-25(38-4)28(24)31(36)33-30)15-20(2)29(19)40-13-12-39-26(34)10-11-27(35)41-18-21-8-6-5-7-9-21/h5-9,14-17H,10-13,18H2,1-4H3,(H,32,33,36). The Hall–Kier alpha value is -4.86. The molecule has 1 heterocycles. The van der Waals surface area contributed by atoms with Crippen molar-refractivity contribution in [2.24, 2.45) is 0 Å². The summed E-state index contributed by atoms with van der Waals surface area (Å²) in [7, 11) is 3.02. The third-order valence-corrected chi connectivity index (χ3v) is 6.30. The van der Waals surface area contributed by atoms with Crippen LogP contribution < -0.4 is 19.8 Å². The van der Waals surface area contributed by atoms with Gasteiger partial charge in [0, 0.05) is 17.7 Å². The van der Waals surface area contributed by atoms with Crippen LogP contribution in [0.3, 0.4) is 0 Å². The highest BCUT2D eigenvalue weighted by molar-refractivity contribution is 5.87. The maximum atomic E-state index is 12.9. The summed E-state index contributed by atoms with van der Waals surface area (Å²) in [4.78, 5) is 44.3. The highest BCUT2D eigenvalue weighted by Gasteiger charge is 2.15. The summed E-state index contributed by atoms with van der Waals surface area (Å²) in [5.41, 5.74) is 3.34. The number of esters is 2.